The molecule has 1 aliphatic heterocycles. The summed E-state index contributed by atoms with van der Waals surface area (Å²) in [6.07, 6.45) is 0.372. The van der Waals surface area contributed by atoms with Gasteiger partial charge in [0.05, 0.1) is 22.8 Å². The van der Waals surface area contributed by atoms with Crippen LogP contribution >= 0.6 is 11.8 Å². The van der Waals surface area contributed by atoms with Gasteiger partial charge in [-0.3, -0.25) is 4.79 Å². The van der Waals surface area contributed by atoms with Gasteiger partial charge in [-0.05, 0) is 25.5 Å². The average molecular weight is 335 g/mol. The largest absolute Gasteiger partial charge is 0.349 e. The van der Waals surface area contributed by atoms with Crippen LogP contribution in [0.15, 0.2) is 23.1 Å². The SMILES string of the molecule is C[C@]1(NC(=O)CSc2ccc(F)cc2F)CCS(=O)(=O)C1. The third-order valence-corrected chi connectivity index (χ3v) is 6.15. The summed E-state index contributed by atoms with van der Waals surface area (Å²) in [7, 11) is -3.10. The van der Waals surface area contributed by atoms with Gasteiger partial charge in [0.1, 0.15) is 11.6 Å². The fourth-order valence-corrected chi connectivity index (χ4v) is 5.03. The van der Waals surface area contributed by atoms with Crippen LogP contribution in [0.2, 0.25) is 0 Å². The number of thioether (sulfide) groups is 1. The molecule has 21 heavy (non-hydrogen) atoms. The second kappa shape index (κ2) is 5.92. The van der Waals surface area contributed by atoms with Gasteiger partial charge >= 0.3 is 0 Å². The molecule has 4 nitrogen and oxygen atoms in total. The normalized spacial score (nSPS) is 24.0. The summed E-state index contributed by atoms with van der Waals surface area (Å²) in [5.41, 5.74) is -0.766. The molecule has 1 N–H and O–H groups in total. The standard InChI is InChI=1S/C13H15F2NO3S2/c1-13(4-5-21(18,19)8-13)16-12(17)7-20-11-3-2-9(14)6-10(11)15/h2-3,6H,4-5,7-8H2,1H3,(H,16,17)/t13-/m0/s1. The number of carbonyl (C=O) groups excluding carboxylic acids is 1. The van der Waals surface area contributed by atoms with Gasteiger partial charge < -0.3 is 5.32 Å². The maximum absolute atomic E-state index is 13.4. The lowest BCUT2D eigenvalue weighted by molar-refractivity contribution is -0.120. The minimum atomic E-state index is -3.10. The smallest absolute Gasteiger partial charge is 0.230 e. The van der Waals surface area contributed by atoms with Crippen molar-refractivity contribution in [1.29, 1.82) is 0 Å². The molecular formula is C13H15F2NO3S2. The summed E-state index contributed by atoms with van der Waals surface area (Å²) in [5, 5.41) is 2.68. The molecule has 1 aromatic carbocycles. The molecule has 116 valence electrons. The highest BCUT2D eigenvalue weighted by molar-refractivity contribution is 8.00. The minimum absolute atomic E-state index is 0.0574. The lowest BCUT2D eigenvalue weighted by Crippen LogP contribution is -2.47. The summed E-state index contributed by atoms with van der Waals surface area (Å²) in [6.45, 7) is 1.68. The van der Waals surface area contributed by atoms with Crippen molar-refractivity contribution in [2.24, 2.45) is 0 Å². The lowest BCUT2D eigenvalue weighted by atomic mass is 10.0. The highest BCUT2D eigenvalue weighted by Crippen LogP contribution is 2.25. The first-order valence-electron chi connectivity index (χ1n) is 6.28. The van der Waals surface area contributed by atoms with Crippen molar-refractivity contribution in [3.8, 4) is 0 Å². The van der Waals surface area contributed by atoms with E-state index in [9.17, 15) is 22.0 Å². The van der Waals surface area contributed by atoms with E-state index in [2.05, 4.69) is 5.32 Å². The first-order chi connectivity index (χ1) is 9.69. The van der Waals surface area contributed by atoms with Gasteiger partial charge in [0.15, 0.2) is 9.84 Å². The van der Waals surface area contributed by atoms with E-state index in [0.29, 0.717) is 6.42 Å². The Hall–Kier alpha value is -1.15. The van der Waals surface area contributed by atoms with E-state index in [1.807, 2.05) is 0 Å². The zero-order valence-corrected chi connectivity index (χ0v) is 13.0. The lowest BCUT2D eigenvalue weighted by Gasteiger charge is -2.23. The second-order valence-corrected chi connectivity index (χ2v) is 8.52. The second-order valence-electron chi connectivity index (χ2n) is 5.31. The molecule has 1 aromatic rings. The van der Waals surface area contributed by atoms with E-state index in [4.69, 9.17) is 0 Å². The molecule has 0 radical (unpaired) electrons. The van der Waals surface area contributed by atoms with Crippen LogP contribution in [0.4, 0.5) is 8.78 Å². The minimum Gasteiger partial charge on any atom is -0.349 e. The molecule has 1 fully saturated rings. The maximum atomic E-state index is 13.4. The zero-order valence-electron chi connectivity index (χ0n) is 11.4. The van der Waals surface area contributed by atoms with Gasteiger partial charge in [0, 0.05) is 11.0 Å². The number of nitrogens with one attached hydrogen (secondary N) is 1. The fraction of sp³-hybridized carbons (Fsp3) is 0.462. The van der Waals surface area contributed by atoms with Gasteiger partial charge in [0.2, 0.25) is 5.91 Å². The monoisotopic (exact) mass is 335 g/mol. The van der Waals surface area contributed by atoms with Crippen molar-refractivity contribution in [1.82, 2.24) is 5.32 Å². The Kier molecular flexibility index (Phi) is 4.57. The molecule has 0 aromatic heterocycles. The Morgan fingerprint density at radius 3 is 2.71 bits per heavy atom. The maximum Gasteiger partial charge on any atom is 0.230 e. The molecular weight excluding hydrogens is 320 g/mol. The fourth-order valence-electron chi connectivity index (χ4n) is 2.22. The molecule has 1 heterocycles. The van der Waals surface area contributed by atoms with E-state index in [1.165, 1.54) is 6.07 Å². The van der Waals surface area contributed by atoms with Crippen LogP contribution in [0.5, 0.6) is 0 Å². The van der Waals surface area contributed by atoms with Crippen molar-refractivity contribution in [3.63, 3.8) is 0 Å². The molecule has 0 saturated carbocycles. The molecule has 1 amide bonds. The van der Waals surface area contributed by atoms with E-state index < -0.39 is 27.0 Å². The van der Waals surface area contributed by atoms with E-state index >= 15 is 0 Å². The van der Waals surface area contributed by atoms with Gasteiger partial charge in [-0.15, -0.1) is 11.8 Å². The number of sulfone groups is 1. The number of hydrogen-bond donors (Lipinski definition) is 1. The average Bonchev–Trinajstić information content (AvgIpc) is 2.62. The number of rotatable bonds is 4. The molecule has 1 aliphatic rings. The van der Waals surface area contributed by atoms with Crippen molar-refractivity contribution in [2.75, 3.05) is 17.3 Å². The molecule has 1 atom stereocenters. The van der Waals surface area contributed by atoms with Crippen molar-refractivity contribution in [2.45, 2.75) is 23.8 Å². The van der Waals surface area contributed by atoms with Crippen molar-refractivity contribution < 1.29 is 22.0 Å². The predicted molar refractivity (Wildman–Crippen MR) is 76.9 cm³/mol. The Balaban J connectivity index is 1.91. The van der Waals surface area contributed by atoms with Gasteiger partial charge in [-0.1, -0.05) is 0 Å². The number of benzene rings is 1. The van der Waals surface area contributed by atoms with Gasteiger partial charge in [-0.2, -0.15) is 0 Å². The molecule has 0 unspecified atom stereocenters. The van der Waals surface area contributed by atoms with E-state index in [1.54, 1.807) is 6.92 Å². The van der Waals surface area contributed by atoms with Crippen LogP contribution in [0.1, 0.15) is 13.3 Å². The highest BCUT2D eigenvalue weighted by Gasteiger charge is 2.39. The number of carbonyl (C=O) groups is 1. The first-order valence-corrected chi connectivity index (χ1v) is 9.09. The number of hydrogen-bond acceptors (Lipinski definition) is 4. The summed E-state index contributed by atoms with van der Waals surface area (Å²) in [5.74, 6) is -1.85. The quantitative estimate of drug-likeness (QED) is 0.852. The van der Waals surface area contributed by atoms with Crippen LogP contribution in [-0.4, -0.2) is 37.1 Å². The third-order valence-electron chi connectivity index (χ3n) is 3.20. The summed E-state index contributed by atoms with van der Waals surface area (Å²) in [4.78, 5) is 12.0. The van der Waals surface area contributed by atoms with Gasteiger partial charge in [-0.25, -0.2) is 17.2 Å². The van der Waals surface area contributed by atoms with E-state index in [0.717, 1.165) is 23.9 Å². The molecule has 0 aliphatic carbocycles. The Labute approximate surface area is 126 Å². The molecule has 0 spiro atoms. The Bertz CT molecular complexity index is 663. The van der Waals surface area contributed by atoms with Crippen LogP contribution in [-0.2, 0) is 14.6 Å². The van der Waals surface area contributed by atoms with Crippen LogP contribution in [0, 0.1) is 11.6 Å². The molecule has 1 saturated heterocycles. The van der Waals surface area contributed by atoms with E-state index in [-0.39, 0.29) is 28.1 Å². The van der Waals surface area contributed by atoms with Gasteiger partial charge in [0.25, 0.3) is 0 Å². The molecule has 0 bridgehead atoms. The third kappa shape index (κ3) is 4.41. The molecule has 2 rings (SSSR count). The summed E-state index contributed by atoms with van der Waals surface area (Å²) >= 11 is 0.943. The Morgan fingerprint density at radius 1 is 1.43 bits per heavy atom. The Morgan fingerprint density at radius 2 is 2.14 bits per heavy atom. The molecule has 8 heteroatoms. The van der Waals surface area contributed by atoms with Crippen molar-refractivity contribution in [3.05, 3.63) is 29.8 Å². The predicted octanol–water partition coefficient (Wildman–Crippen LogP) is 1.75. The first kappa shape index (κ1) is 16.2. The summed E-state index contributed by atoms with van der Waals surface area (Å²) in [6, 6.07) is 3.14. The van der Waals surface area contributed by atoms with Crippen molar-refractivity contribution >= 4 is 27.5 Å². The van der Waals surface area contributed by atoms with Crippen LogP contribution in [0.3, 0.4) is 0 Å². The highest BCUT2D eigenvalue weighted by atomic mass is 32.2. The van der Waals surface area contributed by atoms with Crippen LogP contribution in [0.25, 0.3) is 0 Å². The number of amides is 1. The number of halogens is 2. The summed E-state index contributed by atoms with van der Waals surface area (Å²) < 4.78 is 49.0. The zero-order chi connectivity index (χ0) is 15.7. The topological polar surface area (TPSA) is 63.2 Å². The van der Waals surface area contributed by atoms with Crippen LogP contribution < -0.4 is 5.32 Å².